The van der Waals surface area contributed by atoms with Crippen molar-refractivity contribution in [3.63, 3.8) is 0 Å². The summed E-state index contributed by atoms with van der Waals surface area (Å²) in [6, 6.07) is 7.99. The number of nitrogens with zero attached hydrogens (tertiary/aromatic N) is 2. The molecule has 1 aromatic carbocycles. The highest BCUT2D eigenvalue weighted by molar-refractivity contribution is 7.10. The molecule has 2 aromatic rings. The minimum atomic E-state index is -0.787. The molecule has 0 amide bonds. The number of rotatable bonds is 3. The van der Waals surface area contributed by atoms with Gasteiger partial charge in [0.1, 0.15) is 5.01 Å². The van der Waals surface area contributed by atoms with Crippen molar-refractivity contribution in [1.82, 2.24) is 4.98 Å². The predicted molar refractivity (Wildman–Crippen MR) is 82.6 cm³/mol. The van der Waals surface area contributed by atoms with Crippen LogP contribution in [0.3, 0.4) is 0 Å². The molecule has 0 bridgehead atoms. The standard InChI is InChI=1S/C17H16N2OS/c1-11-10-21-17(19-11)15(9-18)16(20)14-7-6-12-4-2-3-5-13(12)8-14/h6-8,10,15H,2-5H2,1H3. The first-order chi connectivity index (χ1) is 10.2. The van der Waals surface area contributed by atoms with Crippen LogP contribution in [0.25, 0.3) is 0 Å². The van der Waals surface area contributed by atoms with Gasteiger partial charge in [-0.25, -0.2) is 4.98 Å². The zero-order valence-corrected chi connectivity index (χ0v) is 12.7. The van der Waals surface area contributed by atoms with Crippen molar-refractivity contribution in [3.8, 4) is 6.07 Å². The zero-order chi connectivity index (χ0) is 14.8. The number of aromatic nitrogens is 1. The van der Waals surface area contributed by atoms with Crippen molar-refractivity contribution in [3.05, 3.63) is 51.0 Å². The highest BCUT2D eigenvalue weighted by atomic mass is 32.1. The van der Waals surface area contributed by atoms with Crippen molar-refractivity contribution in [2.75, 3.05) is 0 Å². The molecule has 1 heterocycles. The Labute approximate surface area is 128 Å². The van der Waals surface area contributed by atoms with E-state index in [1.165, 1.54) is 35.3 Å². The molecule has 106 valence electrons. The van der Waals surface area contributed by atoms with Gasteiger partial charge in [-0.1, -0.05) is 12.1 Å². The van der Waals surface area contributed by atoms with E-state index in [9.17, 15) is 10.1 Å². The highest BCUT2D eigenvalue weighted by Gasteiger charge is 2.25. The van der Waals surface area contributed by atoms with Crippen LogP contribution < -0.4 is 0 Å². The SMILES string of the molecule is Cc1csc(C(C#N)C(=O)c2ccc3c(c2)CCCC3)n1. The molecular weight excluding hydrogens is 280 g/mol. The Bertz CT molecular complexity index is 727. The largest absolute Gasteiger partial charge is 0.292 e. The number of Topliss-reactive ketones (excluding diaryl/α,β-unsaturated/α-hetero) is 1. The van der Waals surface area contributed by atoms with Crippen LogP contribution in [0.4, 0.5) is 0 Å². The number of hydrogen-bond donors (Lipinski definition) is 0. The van der Waals surface area contributed by atoms with Gasteiger partial charge in [0.15, 0.2) is 11.7 Å². The van der Waals surface area contributed by atoms with Gasteiger partial charge < -0.3 is 0 Å². The maximum Gasteiger partial charge on any atom is 0.186 e. The van der Waals surface area contributed by atoms with E-state index in [0.29, 0.717) is 10.6 Å². The van der Waals surface area contributed by atoms with Gasteiger partial charge in [-0.3, -0.25) is 4.79 Å². The summed E-state index contributed by atoms with van der Waals surface area (Å²) in [5.74, 6) is -0.925. The fraction of sp³-hybridized carbons (Fsp3) is 0.353. The molecule has 0 aliphatic heterocycles. The third kappa shape index (κ3) is 2.74. The third-order valence-corrected chi connectivity index (χ3v) is 4.94. The molecule has 0 saturated heterocycles. The zero-order valence-electron chi connectivity index (χ0n) is 11.9. The van der Waals surface area contributed by atoms with Crippen molar-refractivity contribution in [2.45, 2.75) is 38.5 Å². The molecular formula is C17H16N2OS. The molecule has 1 aromatic heterocycles. The molecule has 1 aliphatic rings. The van der Waals surface area contributed by atoms with E-state index in [0.717, 1.165) is 18.5 Å². The quantitative estimate of drug-likeness (QED) is 0.809. The van der Waals surface area contributed by atoms with E-state index in [4.69, 9.17) is 0 Å². The second-order valence-corrected chi connectivity index (χ2v) is 6.33. The minimum Gasteiger partial charge on any atom is -0.292 e. The molecule has 3 nitrogen and oxygen atoms in total. The van der Waals surface area contributed by atoms with E-state index < -0.39 is 5.92 Å². The van der Waals surface area contributed by atoms with Crippen molar-refractivity contribution >= 4 is 17.1 Å². The highest BCUT2D eigenvalue weighted by Crippen LogP contribution is 2.27. The lowest BCUT2D eigenvalue weighted by Crippen LogP contribution is -2.13. The summed E-state index contributed by atoms with van der Waals surface area (Å²) in [5.41, 5.74) is 4.10. The Hall–Kier alpha value is -1.99. The Morgan fingerprint density at radius 2 is 2.10 bits per heavy atom. The van der Waals surface area contributed by atoms with Crippen molar-refractivity contribution in [2.24, 2.45) is 0 Å². The Balaban J connectivity index is 1.92. The first-order valence-corrected chi connectivity index (χ1v) is 8.04. The summed E-state index contributed by atoms with van der Waals surface area (Å²) >= 11 is 1.38. The van der Waals surface area contributed by atoms with E-state index in [-0.39, 0.29) is 5.78 Å². The molecule has 1 aliphatic carbocycles. The van der Waals surface area contributed by atoms with Crippen LogP contribution >= 0.6 is 11.3 Å². The summed E-state index contributed by atoms with van der Waals surface area (Å²) < 4.78 is 0. The molecule has 1 atom stereocenters. The number of benzene rings is 1. The van der Waals surface area contributed by atoms with Gasteiger partial charge in [0.05, 0.1) is 6.07 Å². The van der Waals surface area contributed by atoms with Crippen molar-refractivity contribution in [1.29, 1.82) is 5.26 Å². The average Bonchev–Trinajstić information content (AvgIpc) is 2.93. The number of aryl methyl sites for hydroxylation is 3. The number of hydrogen-bond acceptors (Lipinski definition) is 4. The lowest BCUT2D eigenvalue weighted by molar-refractivity contribution is 0.0978. The van der Waals surface area contributed by atoms with Crippen LogP contribution in [0.5, 0.6) is 0 Å². The first kappa shape index (κ1) is 14.0. The number of carbonyl (C=O) groups is 1. The van der Waals surface area contributed by atoms with Crippen LogP contribution in [0.1, 0.15) is 50.9 Å². The second kappa shape index (κ2) is 5.79. The van der Waals surface area contributed by atoms with E-state index >= 15 is 0 Å². The molecule has 0 saturated carbocycles. The summed E-state index contributed by atoms with van der Waals surface area (Å²) in [5, 5.41) is 11.8. The van der Waals surface area contributed by atoms with Crippen LogP contribution in [-0.4, -0.2) is 10.8 Å². The van der Waals surface area contributed by atoms with E-state index in [1.54, 1.807) is 0 Å². The Morgan fingerprint density at radius 1 is 1.33 bits per heavy atom. The third-order valence-electron chi connectivity index (χ3n) is 3.91. The number of ketones is 1. The molecule has 4 heteroatoms. The predicted octanol–water partition coefficient (Wildman–Crippen LogP) is 3.82. The fourth-order valence-corrected chi connectivity index (χ4v) is 3.62. The summed E-state index contributed by atoms with van der Waals surface area (Å²) in [6.45, 7) is 1.87. The maximum absolute atomic E-state index is 12.6. The van der Waals surface area contributed by atoms with Crippen molar-refractivity contribution < 1.29 is 4.79 Å². The number of fused-ring (bicyclic) bond motifs is 1. The van der Waals surface area contributed by atoms with Gasteiger partial charge in [0, 0.05) is 16.6 Å². The number of thiazole rings is 1. The first-order valence-electron chi connectivity index (χ1n) is 7.16. The van der Waals surface area contributed by atoms with Gasteiger partial charge in [-0.05, 0) is 49.8 Å². The van der Waals surface area contributed by atoms with Crippen LogP contribution in [0, 0.1) is 18.3 Å². The lowest BCUT2D eigenvalue weighted by atomic mass is 9.88. The van der Waals surface area contributed by atoms with E-state index in [2.05, 4.69) is 11.1 Å². The lowest BCUT2D eigenvalue weighted by Gasteiger charge is -2.16. The molecule has 1 unspecified atom stereocenters. The molecule has 21 heavy (non-hydrogen) atoms. The van der Waals surface area contributed by atoms with Gasteiger partial charge in [-0.15, -0.1) is 11.3 Å². The molecule has 0 spiro atoms. The van der Waals surface area contributed by atoms with Crippen LogP contribution in [0.2, 0.25) is 0 Å². The average molecular weight is 296 g/mol. The fourth-order valence-electron chi connectivity index (χ4n) is 2.78. The summed E-state index contributed by atoms with van der Waals surface area (Å²) in [4.78, 5) is 16.9. The number of carbonyl (C=O) groups excluding carboxylic acids is 1. The smallest absolute Gasteiger partial charge is 0.186 e. The second-order valence-electron chi connectivity index (χ2n) is 5.44. The maximum atomic E-state index is 12.6. The van der Waals surface area contributed by atoms with Crippen LogP contribution in [0.15, 0.2) is 23.6 Å². The molecule has 0 N–H and O–H groups in total. The summed E-state index contributed by atoms with van der Waals surface area (Å²) in [7, 11) is 0. The minimum absolute atomic E-state index is 0.139. The Morgan fingerprint density at radius 3 is 2.76 bits per heavy atom. The topological polar surface area (TPSA) is 53.8 Å². The van der Waals surface area contributed by atoms with Gasteiger partial charge in [0.25, 0.3) is 0 Å². The molecule has 0 radical (unpaired) electrons. The molecule has 3 rings (SSSR count). The van der Waals surface area contributed by atoms with Gasteiger partial charge in [-0.2, -0.15) is 5.26 Å². The van der Waals surface area contributed by atoms with Gasteiger partial charge >= 0.3 is 0 Å². The van der Waals surface area contributed by atoms with Crippen LogP contribution in [-0.2, 0) is 12.8 Å². The number of nitriles is 1. The monoisotopic (exact) mass is 296 g/mol. The van der Waals surface area contributed by atoms with Gasteiger partial charge in [0.2, 0.25) is 0 Å². The molecule has 0 fully saturated rings. The normalized spacial score (nSPS) is 15.0. The Kier molecular flexibility index (Phi) is 3.85. The summed E-state index contributed by atoms with van der Waals surface area (Å²) in [6.07, 6.45) is 4.53. The van der Waals surface area contributed by atoms with E-state index in [1.807, 2.05) is 30.5 Å².